The summed E-state index contributed by atoms with van der Waals surface area (Å²) in [6.07, 6.45) is 0.622. The molecule has 0 saturated carbocycles. The number of hydrogen-bond acceptors (Lipinski definition) is 4. The fourth-order valence-electron chi connectivity index (χ4n) is 2.26. The van der Waals surface area contributed by atoms with Crippen LogP contribution in [0.1, 0.15) is 22.8 Å². The highest BCUT2D eigenvalue weighted by molar-refractivity contribution is 6.31. The summed E-state index contributed by atoms with van der Waals surface area (Å²) in [6, 6.07) is 8.01. The summed E-state index contributed by atoms with van der Waals surface area (Å²) in [7, 11) is 0. The molecule has 22 heavy (non-hydrogen) atoms. The molecule has 0 amide bonds. The van der Waals surface area contributed by atoms with Gasteiger partial charge in [0.05, 0.1) is 16.4 Å². The number of aryl methyl sites for hydroxylation is 4. The molecule has 0 aliphatic rings. The van der Waals surface area contributed by atoms with Gasteiger partial charge in [-0.2, -0.15) is 5.10 Å². The zero-order valence-corrected chi connectivity index (χ0v) is 13.6. The van der Waals surface area contributed by atoms with Crippen LogP contribution < -0.4 is 0 Å². The topological polar surface area (TPSA) is 56.7 Å². The molecule has 0 fully saturated rings. The molecule has 5 nitrogen and oxygen atoms in total. The number of nitrogens with zero attached hydrogens (tertiary/aromatic N) is 4. The highest BCUT2D eigenvalue weighted by Gasteiger charge is 2.12. The molecule has 1 aromatic carbocycles. The molecule has 0 aliphatic carbocycles. The lowest BCUT2D eigenvalue weighted by Crippen LogP contribution is -2.05. The van der Waals surface area contributed by atoms with Crippen molar-refractivity contribution < 1.29 is 4.42 Å². The fourth-order valence-corrected chi connectivity index (χ4v) is 2.40. The zero-order valence-electron chi connectivity index (χ0n) is 12.8. The summed E-state index contributed by atoms with van der Waals surface area (Å²) in [5.74, 6) is 1.14. The van der Waals surface area contributed by atoms with Gasteiger partial charge in [0, 0.05) is 18.5 Å². The first kappa shape index (κ1) is 14.8. The maximum absolute atomic E-state index is 6.14. The third kappa shape index (κ3) is 2.90. The summed E-state index contributed by atoms with van der Waals surface area (Å²) < 4.78 is 7.58. The molecule has 0 unspecified atom stereocenters. The minimum atomic E-state index is 0.543. The summed E-state index contributed by atoms with van der Waals surface area (Å²) in [5.41, 5.74) is 3.92. The van der Waals surface area contributed by atoms with E-state index in [-0.39, 0.29) is 0 Å². The Morgan fingerprint density at radius 2 is 1.82 bits per heavy atom. The van der Waals surface area contributed by atoms with Crippen LogP contribution >= 0.6 is 11.6 Å². The molecule has 0 atom stereocenters. The van der Waals surface area contributed by atoms with Gasteiger partial charge in [-0.05, 0) is 32.9 Å². The van der Waals surface area contributed by atoms with Gasteiger partial charge >= 0.3 is 0 Å². The standard InChI is InChI=1S/C16H17ClN4O/c1-10-4-6-13(7-5-10)16-19-18-14(22-16)8-9-21-12(3)15(17)11(2)20-21/h4-7H,8-9H2,1-3H3. The van der Waals surface area contributed by atoms with Gasteiger partial charge in [0.25, 0.3) is 0 Å². The Balaban J connectivity index is 1.72. The van der Waals surface area contributed by atoms with Gasteiger partial charge in [0.2, 0.25) is 11.8 Å². The van der Waals surface area contributed by atoms with E-state index in [1.807, 2.05) is 49.7 Å². The maximum Gasteiger partial charge on any atom is 0.247 e. The van der Waals surface area contributed by atoms with Gasteiger partial charge in [0.15, 0.2) is 0 Å². The van der Waals surface area contributed by atoms with Crippen LogP contribution in [0.2, 0.25) is 5.02 Å². The van der Waals surface area contributed by atoms with Crippen LogP contribution in [0.3, 0.4) is 0 Å². The lowest BCUT2D eigenvalue weighted by atomic mass is 10.1. The average molecular weight is 317 g/mol. The molecule has 0 aliphatic heterocycles. The molecular weight excluding hydrogens is 300 g/mol. The SMILES string of the molecule is Cc1ccc(-c2nnc(CCn3nc(C)c(Cl)c3C)o2)cc1. The summed E-state index contributed by atoms with van der Waals surface area (Å²) in [4.78, 5) is 0. The van der Waals surface area contributed by atoms with Crippen molar-refractivity contribution in [3.8, 4) is 11.5 Å². The van der Waals surface area contributed by atoms with E-state index in [9.17, 15) is 0 Å². The lowest BCUT2D eigenvalue weighted by molar-refractivity contribution is 0.471. The highest BCUT2D eigenvalue weighted by atomic mass is 35.5. The van der Waals surface area contributed by atoms with E-state index in [2.05, 4.69) is 15.3 Å². The van der Waals surface area contributed by atoms with E-state index in [1.165, 1.54) is 5.56 Å². The van der Waals surface area contributed by atoms with Crippen molar-refractivity contribution in [3.05, 3.63) is 52.1 Å². The van der Waals surface area contributed by atoms with Crippen molar-refractivity contribution in [1.82, 2.24) is 20.0 Å². The molecular formula is C16H17ClN4O. The molecule has 3 aromatic rings. The molecule has 2 heterocycles. The van der Waals surface area contributed by atoms with E-state index in [1.54, 1.807) is 0 Å². The van der Waals surface area contributed by atoms with E-state index in [4.69, 9.17) is 16.0 Å². The van der Waals surface area contributed by atoms with Crippen LogP contribution in [0.5, 0.6) is 0 Å². The van der Waals surface area contributed by atoms with Crippen molar-refractivity contribution in [2.45, 2.75) is 33.7 Å². The lowest BCUT2D eigenvalue weighted by Gasteiger charge is -2.01. The second kappa shape index (κ2) is 5.93. The Bertz CT molecular complexity index is 789. The molecule has 3 rings (SSSR count). The number of aromatic nitrogens is 4. The van der Waals surface area contributed by atoms with Crippen molar-refractivity contribution in [1.29, 1.82) is 0 Å². The predicted molar refractivity (Wildman–Crippen MR) is 84.9 cm³/mol. The molecule has 6 heteroatoms. The Morgan fingerprint density at radius 1 is 1.09 bits per heavy atom. The van der Waals surface area contributed by atoms with Gasteiger partial charge in [-0.25, -0.2) is 0 Å². The Hall–Kier alpha value is -2.14. The smallest absolute Gasteiger partial charge is 0.247 e. The van der Waals surface area contributed by atoms with E-state index in [0.29, 0.717) is 29.8 Å². The van der Waals surface area contributed by atoms with Crippen molar-refractivity contribution >= 4 is 11.6 Å². The second-order valence-electron chi connectivity index (χ2n) is 5.32. The Kier molecular flexibility index (Phi) is 3.98. The van der Waals surface area contributed by atoms with Gasteiger partial charge < -0.3 is 4.42 Å². The summed E-state index contributed by atoms with van der Waals surface area (Å²) in [6.45, 7) is 6.55. The molecule has 0 radical (unpaired) electrons. The first-order chi connectivity index (χ1) is 10.5. The van der Waals surface area contributed by atoms with Crippen LogP contribution in [-0.2, 0) is 13.0 Å². The third-order valence-corrected chi connectivity index (χ3v) is 4.14. The Morgan fingerprint density at radius 3 is 2.45 bits per heavy atom. The van der Waals surface area contributed by atoms with Crippen LogP contribution in [0.4, 0.5) is 0 Å². The van der Waals surface area contributed by atoms with Crippen LogP contribution in [0.15, 0.2) is 28.7 Å². The van der Waals surface area contributed by atoms with E-state index in [0.717, 1.165) is 17.0 Å². The number of benzene rings is 1. The zero-order chi connectivity index (χ0) is 15.7. The number of rotatable bonds is 4. The second-order valence-corrected chi connectivity index (χ2v) is 5.70. The van der Waals surface area contributed by atoms with Gasteiger partial charge in [-0.15, -0.1) is 10.2 Å². The predicted octanol–water partition coefficient (Wildman–Crippen LogP) is 3.75. The van der Waals surface area contributed by atoms with E-state index >= 15 is 0 Å². The average Bonchev–Trinajstić information content (AvgIpc) is 3.07. The first-order valence-electron chi connectivity index (χ1n) is 7.13. The third-order valence-electron chi connectivity index (χ3n) is 3.60. The minimum absolute atomic E-state index is 0.543. The maximum atomic E-state index is 6.14. The van der Waals surface area contributed by atoms with Crippen LogP contribution in [0.25, 0.3) is 11.5 Å². The molecule has 0 saturated heterocycles. The van der Waals surface area contributed by atoms with Crippen LogP contribution in [0, 0.1) is 20.8 Å². The monoisotopic (exact) mass is 316 g/mol. The van der Waals surface area contributed by atoms with Gasteiger partial charge in [0.1, 0.15) is 0 Å². The summed E-state index contributed by atoms with van der Waals surface area (Å²) >= 11 is 6.14. The molecule has 114 valence electrons. The molecule has 0 bridgehead atoms. The Labute approximate surface area is 133 Å². The summed E-state index contributed by atoms with van der Waals surface area (Å²) in [5, 5.41) is 13.3. The number of hydrogen-bond donors (Lipinski definition) is 0. The molecule has 0 spiro atoms. The normalized spacial score (nSPS) is 11.1. The van der Waals surface area contributed by atoms with Gasteiger partial charge in [-0.1, -0.05) is 29.3 Å². The fraction of sp³-hybridized carbons (Fsp3) is 0.312. The van der Waals surface area contributed by atoms with Crippen LogP contribution in [-0.4, -0.2) is 20.0 Å². The van der Waals surface area contributed by atoms with Crippen molar-refractivity contribution in [3.63, 3.8) is 0 Å². The van der Waals surface area contributed by atoms with Gasteiger partial charge in [-0.3, -0.25) is 4.68 Å². The molecule has 2 aromatic heterocycles. The van der Waals surface area contributed by atoms with Crippen molar-refractivity contribution in [2.24, 2.45) is 0 Å². The van der Waals surface area contributed by atoms with Crippen molar-refractivity contribution in [2.75, 3.05) is 0 Å². The van der Waals surface area contributed by atoms with E-state index < -0.39 is 0 Å². The first-order valence-corrected chi connectivity index (χ1v) is 7.51. The highest BCUT2D eigenvalue weighted by Crippen LogP contribution is 2.20. The minimum Gasteiger partial charge on any atom is -0.421 e. The number of halogens is 1. The molecule has 0 N–H and O–H groups in total. The quantitative estimate of drug-likeness (QED) is 0.735. The largest absolute Gasteiger partial charge is 0.421 e.